The minimum atomic E-state index is -4.74. The summed E-state index contributed by atoms with van der Waals surface area (Å²) in [7, 11) is 3.89. The van der Waals surface area contributed by atoms with Crippen LogP contribution in [0.2, 0.25) is 0 Å². The molecule has 2 amide bonds. The zero-order valence-electron chi connectivity index (χ0n) is 25.3. The summed E-state index contributed by atoms with van der Waals surface area (Å²) in [5.41, 5.74) is 0.999. The summed E-state index contributed by atoms with van der Waals surface area (Å²) >= 11 is 0. The van der Waals surface area contributed by atoms with E-state index in [1.54, 1.807) is 0 Å². The molecule has 0 radical (unpaired) electrons. The van der Waals surface area contributed by atoms with E-state index in [1.807, 2.05) is 37.7 Å². The van der Waals surface area contributed by atoms with Crippen molar-refractivity contribution in [3.8, 4) is 11.1 Å². The van der Waals surface area contributed by atoms with E-state index < -0.39 is 48.6 Å². The fraction of sp³-hybridized carbons (Fsp3) is 0.600. The van der Waals surface area contributed by atoms with Crippen molar-refractivity contribution in [2.24, 2.45) is 11.8 Å². The minimum absolute atomic E-state index is 0.0990. The molecular formula is C30H39F4N7O3. The van der Waals surface area contributed by atoms with Crippen LogP contribution < -0.4 is 20.4 Å². The van der Waals surface area contributed by atoms with Gasteiger partial charge in [0.1, 0.15) is 5.82 Å². The highest BCUT2D eigenvalue weighted by Crippen LogP contribution is 2.39. The largest absolute Gasteiger partial charge is 0.393 e. The van der Waals surface area contributed by atoms with Gasteiger partial charge in [-0.2, -0.15) is 13.2 Å². The lowest BCUT2D eigenvalue weighted by Gasteiger charge is -2.44. The van der Waals surface area contributed by atoms with Gasteiger partial charge in [-0.25, -0.2) is 14.4 Å². The topological polar surface area (TPSA) is 103 Å². The van der Waals surface area contributed by atoms with Gasteiger partial charge in [-0.05, 0) is 45.9 Å². The van der Waals surface area contributed by atoms with Crippen LogP contribution in [-0.2, 0) is 14.3 Å². The van der Waals surface area contributed by atoms with E-state index in [2.05, 4.69) is 25.5 Å². The van der Waals surface area contributed by atoms with Gasteiger partial charge in [0.05, 0.1) is 23.2 Å². The number of alkyl halides is 3. The number of rotatable bonds is 6. The monoisotopic (exact) mass is 621 g/mol. The Morgan fingerprint density at radius 1 is 1.11 bits per heavy atom. The van der Waals surface area contributed by atoms with Crippen molar-refractivity contribution in [3.05, 3.63) is 30.3 Å². The first-order chi connectivity index (χ1) is 20.8. The molecule has 4 heterocycles. The van der Waals surface area contributed by atoms with Gasteiger partial charge >= 0.3 is 6.18 Å². The maximum Gasteiger partial charge on any atom is 0.393 e. The van der Waals surface area contributed by atoms with Crippen molar-refractivity contribution >= 4 is 29.1 Å². The number of ether oxygens (including phenoxy) is 1. The first kappa shape index (κ1) is 31.9. The lowest BCUT2D eigenvalue weighted by molar-refractivity contribution is -0.197. The third-order valence-corrected chi connectivity index (χ3v) is 9.21. The maximum absolute atomic E-state index is 15.8. The summed E-state index contributed by atoms with van der Waals surface area (Å²) in [5, 5.41) is 5.05. The molecule has 44 heavy (non-hydrogen) atoms. The minimum Gasteiger partial charge on any atom is -0.381 e. The molecular weight excluding hydrogens is 582 g/mol. The van der Waals surface area contributed by atoms with Crippen molar-refractivity contribution in [2.45, 2.75) is 57.4 Å². The van der Waals surface area contributed by atoms with Crippen molar-refractivity contribution < 1.29 is 31.9 Å². The van der Waals surface area contributed by atoms with Crippen LogP contribution in [0.3, 0.4) is 0 Å². The third kappa shape index (κ3) is 6.75. The number of likely N-dealkylation sites (N-methyl/N-ethyl adjacent to an activating group) is 1. The standard InChI is InChI=1S/C30H39F4N7O3/c1-17-15-41(16-18(2)39(17)3)26-11-24(31)21(19-12-36-29(37-13-19)40(4)20-5-7-44-8-6-20)9-25(26)38-28(43)22-14-35-27(42)10-23(22)30(32,33)34/h9,11-13,17-18,20,22-23H,5-8,10,14-16H2,1-4H3,(H,35,42)(H,38,43)/t17-,18+,22?,23?. The molecule has 4 atom stereocenters. The van der Waals surface area contributed by atoms with E-state index in [1.165, 1.54) is 24.5 Å². The summed E-state index contributed by atoms with van der Waals surface area (Å²) in [6.07, 6.45) is -0.900. The van der Waals surface area contributed by atoms with Gasteiger partial charge in [0.25, 0.3) is 0 Å². The molecule has 240 valence electrons. The Kier molecular flexibility index (Phi) is 9.30. The smallest absolute Gasteiger partial charge is 0.381 e. The summed E-state index contributed by atoms with van der Waals surface area (Å²) in [6, 6.07) is 3.15. The highest BCUT2D eigenvalue weighted by Gasteiger charge is 2.50. The quantitative estimate of drug-likeness (QED) is 0.472. The van der Waals surface area contributed by atoms with Crippen LogP contribution in [0.5, 0.6) is 0 Å². The predicted molar refractivity (Wildman–Crippen MR) is 158 cm³/mol. The molecule has 0 aliphatic carbocycles. The number of nitrogens with one attached hydrogen (secondary N) is 2. The number of aromatic nitrogens is 2. The Balaban J connectivity index is 1.48. The molecule has 0 spiro atoms. The molecule has 3 saturated heterocycles. The van der Waals surface area contributed by atoms with Crippen LogP contribution in [0.15, 0.2) is 24.5 Å². The second kappa shape index (κ2) is 12.8. The highest BCUT2D eigenvalue weighted by atomic mass is 19.4. The van der Waals surface area contributed by atoms with E-state index in [4.69, 9.17) is 4.74 Å². The fourth-order valence-electron chi connectivity index (χ4n) is 6.25. The Morgan fingerprint density at radius 2 is 1.75 bits per heavy atom. The highest BCUT2D eigenvalue weighted by molar-refractivity contribution is 5.98. The van der Waals surface area contributed by atoms with Gasteiger partial charge < -0.3 is 25.2 Å². The van der Waals surface area contributed by atoms with Gasteiger partial charge in [0.15, 0.2) is 0 Å². The Labute approximate surface area is 254 Å². The van der Waals surface area contributed by atoms with E-state index in [0.29, 0.717) is 43.5 Å². The Morgan fingerprint density at radius 3 is 2.36 bits per heavy atom. The van der Waals surface area contributed by atoms with Crippen LogP contribution in [0.4, 0.5) is 34.9 Å². The van der Waals surface area contributed by atoms with E-state index in [-0.39, 0.29) is 29.4 Å². The van der Waals surface area contributed by atoms with Gasteiger partial charge in [0, 0.05) is 88.0 Å². The predicted octanol–water partition coefficient (Wildman–Crippen LogP) is 3.68. The summed E-state index contributed by atoms with van der Waals surface area (Å²) in [4.78, 5) is 40.2. The van der Waals surface area contributed by atoms with Crippen molar-refractivity contribution in [1.29, 1.82) is 0 Å². The molecule has 3 fully saturated rings. The number of benzene rings is 1. The zero-order chi connectivity index (χ0) is 31.8. The molecule has 2 unspecified atom stereocenters. The van der Waals surface area contributed by atoms with Crippen LogP contribution in [0.25, 0.3) is 11.1 Å². The zero-order valence-corrected chi connectivity index (χ0v) is 25.3. The van der Waals surface area contributed by atoms with Crippen LogP contribution >= 0.6 is 0 Å². The normalized spacial score (nSPS) is 25.5. The molecule has 14 heteroatoms. The number of hydrogen-bond donors (Lipinski definition) is 2. The number of piperidine rings is 1. The van der Waals surface area contributed by atoms with Crippen LogP contribution in [0.1, 0.15) is 33.1 Å². The number of halogens is 4. The number of hydrogen-bond acceptors (Lipinski definition) is 8. The fourth-order valence-corrected chi connectivity index (χ4v) is 6.25. The molecule has 0 saturated carbocycles. The molecule has 10 nitrogen and oxygen atoms in total. The van der Waals surface area contributed by atoms with Gasteiger partial charge in [-0.3, -0.25) is 14.5 Å². The van der Waals surface area contributed by atoms with Crippen molar-refractivity contribution in [1.82, 2.24) is 20.2 Å². The number of amides is 2. The van der Waals surface area contributed by atoms with Gasteiger partial charge in [-0.15, -0.1) is 0 Å². The number of nitrogens with zero attached hydrogens (tertiary/aromatic N) is 5. The summed E-state index contributed by atoms with van der Waals surface area (Å²) in [5.74, 6) is -5.42. The van der Waals surface area contributed by atoms with Crippen LogP contribution in [0, 0.1) is 17.7 Å². The van der Waals surface area contributed by atoms with Gasteiger partial charge in [-0.1, -0.05) is 0 Å². The SMILES string of the molecule is C[C@@H]1CN(c2cc(F)c(-c3cnc(N(C)C4CCOCC4)nc3)cc2NC(=O)C2CNC(=O)CC2C(F)(F)F)C[C@H](C)N1C. The molecule has 5 rings (SSSR count). The summed E-state index contributed by atoms with van der Waals surface area (Å²) in [6.45, 7) is 5.95. The van der Waals surface area contributed by atoms with Crippen LogP contribution in [-0.4, -0.2) is 97.9 Å². The molecule has 3 aliphatic rings. The average Bonchev–Trinajstić information content (AvgIpc) is 3.00. The number of piperazine rings is 1. The Hall–Kier alpha value is -3.52. The van der Waals surface area contributed by atoms with Crippen molar-refractivity contribution in [2.75, 3.05) is 62.1 Å². The maximum atomic E-state index is 15.8. The lowest BCUT2D eigenvalue weighted by Crippen LogP contribution is -2.55. The second-order valence-corrected chi connectivity index (χ2v) is 12.1. The van der Waals surface area contributed by atoms with E-state index in [9.17, 15) is 22.8 Å². The Bertz CT molecular complexity index is 1340. The average molecular weight is 622 g/mol. The number of carbonyl (C=O) groups is 2. The lowest BCUT2D eigenvalue weighted by atomic mass is 9.84. The van der Waals surface area contributed by atoms with E-state index >= 15 is 4.39 Å². The second-order valence-electron chi connectivity index (χ2n) is 12.1. The first-order valence-electron chi connectivity index (χ1n) is 14.9. The van der Waals surface area contributed by atoms with E-state index in [0.717, 1.165) is 12.8 Å². The molecule has 2 aromatic rings. The molecule has 0 bridgehead atoms. The third-order valence-electron chi connectivity index (χ3n) is 9.21. The number of carbonyl (C=O) groups excluding carboxylic acids is 2. The molecule has 1 aromatic heterocycles. The molecule has 3 aliphatic heterocycles. The molecule has 2 N–H and O–H groups in total. The first-order valence-corrected chi connectivity index (χ1v) is 14.9. The van der Waals surface area contributed by atoms with Crippen molar-refractivity contribution in [3.63, 3.8) is 0 Å². The summed E-state index contributed by atoms with van der Waals surface area (Å²) < 4.78 is 62.8. The molecule has 1 aromatic carbocycles. The number of anilines is 3. The van der Waals surface area contributed by atoms with Gasteiger partial charge in [0.2, 0.25) is 17.8 Å².